The molecule has 2 aromatic carbocycles. The van der Waals surface area contributed by atoms with E-state index in [1.165, 1.54) is 28.6 Å². The van der Waals surface area contributed by atoms with Crippen LogP contribution < -0.4 is 5.32 Å². The van der Waals surface area contributed by atoms with Crippen LogP contribution in [0.2, 0.25) is 5.02 Å². The lowest BCUT2D eigenvalue weighted by Crippen LogP contribution is -2.30. The minimum absolute atomic E-state index is 0.0558. The van der Waals surface area contributed by atoms with Crippen molar-refractivity contribution < 1.29 is 17.6 Å². The second-order valence-electron chi connectivity index (χ2n) is 5.87. The van der Waals surface area contributed by atoms with Crippen LogP contribution in [-0.2, 0) is 21.2 Å². The summed E-state index contributed by atoms with van der Waals surface area (Å²) in [5.74, 6) is -0.698. The van der Waals surface area contributed by atoms with Crippen LogP contribution in [0.4, 0.5) is 10.1 Å². The molecule has 0 saturated carbocycles. The Morgan fingerprint density at radius 1 is 1.15 bits per heavy atom. The van der Waals surface area contributed by atoms with Crippen LogP contribution in [0.5, 0.6) is 0 Å². The Labute approximate surface area is 164 Å². The second-order valence-corrected chi connectivity index (χ2v) is 8.19. The molecule has 1 N–H and O–H groups in total. The number of rotatable bonds is 8. The maximum Gasteiger partial charge on any atom is 0.244 e. The molecule has 0 aliphatic carbocycles. The molecule has 0 atom stereocenters. The molecule has 0 heterocycles. The van der Waals surface area contributed by atoms with Gasteiger partial charge in [0.25, 0.3) is 0 Å². The number of halogens is 2. The molecule has 146 valence electrons. The van der Waals surface area contributed by atoms with Gasteiger partial charge in [0.05, 0.1) is 5.02 Å². The first-order chi connectivity index (χ1) is 12.8. The van der Waals surface area contributed by atoms with Gasteiger partial charge in [-0.25, -0.2) is 12.8 Å². The van der Waals surface area contributed by atoms with Gasteiger partial charge in [0, 0.05) is 25.2 Å². The van der Waals surface area contributed by atoms with Crippen molar-refractivity contribution >= 4 is 33.2 Å². The van der Waals surface area contributed by atoms with Gasteiger partial charge in [0.15, 0.2) is 0 Å². The van der Waals surface area contributed by atoms with Crippen LogP contribution in [0.3, 0.4) is 0 Å². The number of benzene rings is 2. The van der Waals surface area contributed by atoms with Crippen LogP contribution in [-0.4, -0.2) is 31.7 Å². The van der Waals surface area contributed by atoms with Crippen LogP contribution in [0.15, 0.2) is 47.4 Å². The standard InChI is InChI=1S/C19H22ClFN2O3S/c1-3-23(4-2)27(25,26)18-13-15(10-11-16(18)20)22-19(24)12-9-14-7-5-6-8-17(14)21/h5-8,10-11,13H,3-4,9,12H2,1-2H3,(H,22,24). The highest BCUT2D eigenvalue weighted by Gasteiger charge is 2.25. The van der Waals surface area contributed by atoms with E-state index in [0.717, 1.165) is 0 Å². The maximum absolute atomic E-state index is 13.6. The summed E-state index contributed by atoms with van der Waals surface area (Å²) >= 11 is 6.07. The minimum atomic E-state index is -3.75. The molecular weight excluding hydrogens is 391 g/mol. The zero-order valence-corrected chi connectivity index (χ0v) is 16.8. The Morgan fingerprint density at radius 3 is 2.44 bits per heavy atom. The van der Waals surface area contributed by atoms with E-state index in [9.17, 15) is 17.6 Å². The van der Waals surface area contributed by atoms with Crippen LogP contribution in [0, 0.1) is 5.82 Å². The summed E-state index contributed by atoms with van der Waals surface area (Å²) in [5, 5.41) is 2.73. The number of aryl methyl sites for hydroxylation is 1. The second kappa shape index (κ2) is 9.30. The molecule has 0 fully saturated rings. The molecule has 2 rings (SSSR count). The van der Waals surface area contributed by atoms with E-state index in [1.807, 2.05) is 0 Å². The lowest BCUT2D eigenvalue weighted by molar-refractivity contribution is -0.116. The third-order valence-corrected chi connectivity index (χ3v) is 6.65. The third kappa shape index (κ3) is 5.28. The largest absolute Gasteiger partial charge is 0.326 e. The van der Waals surface area contributed by atoms with Crippen molar-refractivity contribution in [3.05, 3.63) is 58.9 Å². The summed E-state index contributed by atoms with van der Waals surface area (Å²) in [7, 11) is -3.75. The molecule has 0 spiro atoms. The molecule has 0 radical (unpaired) electrons. The first-order valence-electron chi connectivity index (χ1n) is 8.62. The molecule has 0 aliphatic rings. The SMILES string of the molecule is CCN(CC)S(=O)(=O)c1cc(NC(=O)CCc2ccccc2F)ccc1Cl. The van der Waals surface area contributed by atoms with E-state index in [2.05, 4.69) is 5.32 Å². The number of nitrogens with one attached hydrogen (secondary N) is 1. The summed E-state index contributed by atoms with van der Waals surface area (Å²) in [6.45, 7) is 4.11. The van der Waals surface area contributed by atoms with E-state index in [1.54, 1.807) is 32.0 Å². The van der Waals surface area contributed by atoms with Crippen molar-refractivity contribution in [2.24, 2.45) is 0 Å². The molecule has 0 aromatic heterocycles. The predicted octanol–water partition coefficient (Wildman–Crippen LogP) is 4.08. The first kappa shape index (κ1) is 21.3. The Bertz CT molecular complexity index is 915. The number of amides is 1. The minimum Gasteiger partial charge on any atom is -0.326 e. The van der Waals surface area contributed by atoms with Crippen LogP contribution in [0.1, 0.15) is 25.8 Å². The molecule has 27 heavy (non-hydrogen) atoms. The van der Waals surface area contributed by atoms with Gasteiger partial charge in [0.1, 0.15) is 10.7 Å². The lowest BCUT2D eigenvalue weighted by Gasteiger charge is -2.19. The molecule has 0 unspecified atom stereocenters. The Morgan fingerprint density at radius 2 is 1.81 bits per heavy atom. The normalized spacial score (nSPS) is 11.6. The van der Waals surface area contributed by atoms with Crippen molar-refractivity contribution in [1.29, 1.82) is 0 Å². The lowest BCUT2D eigenvalue weighted by atomic mass is 10.1. The van der Waals surface area contributed by atoms with Gasteiger partial charge in [-0.1, -0.05) is 43.6 Å². The van der Waals surface area contributed by atoms with Crippen molar-refractivity contribution in [2.75, 3.05) is 18.4 Å². The fourth-order valence-corrected chi connectivity index (χ4v) is 4.61. The van der Waals surface area contributed by atoms with Crippen molar-refractivity contribution in [1.82, 2.24) is 4.31 Å². The van der Waals surface area contributed by atoms with E-state index in [0.29, 0.717) is 24.3 Å². The van der Waals surface area contributed by atoms with Crippen LogP contribution in [0.25, 0.3) is 0 Å². The molecule has 0 bridgehead atoms. The van der Waals surface area contributed by atoms with E-state index in [-0.39, 0.29) is 34.5 Å². The summed E-state index contributed by atoms with van der Waals surface area (Å²) in [4.78, 5) is 12.1. The van der Waals surface area contributed by atoms with Gasteiger partial charge in [-0.05, 0) is 36.2 Å². The molecule has 1 amide bonds. The number of hydrogen-bond donors (Lipinski definition) is 1. The number of anilines is 1. The number of sulfonamides is 1. The number of carbonyl (C=O) groups excluding carboxylic acids is 1. The highest BCUT2D eigenvalue weighted by Crippen LogP contribution is 2.28. The zero-order chi connectivity index (χ0) is 20.0. The van der Waals surface area contributed by atoms with E-state index >= 15 is 0 Å². The fourth-order valence-electron chi connectivity index (χ4n) is 2.65. The Hall–Kier alpha value is -1.96. The number of nitrogens with zero attached hydrogens (tertiary/aromatic N) is 1. The van der Waals surface area contributed by atoms with Gasteiger partial charge >= 0.3 is 0 Å². The zero-order valence-electron chi connectivity index (χ0n) is 15.2. The van der Waals surface area contributed by atoms with Gasteiger partial charge in [-0.2, -0.15) is 4.31 Å². The third-order valence-electron chi connectivity index (χ3n) is 4.12. The van der Waals surface area contributed by atoms with Crippen LogP contribution >= 0.6 is 11.6 Å². The van der Waals surface area contributed by atoms with Gasteiger partial charge in [0.2, 0.25) is 15.9 Å². The number of hydrogen-bond acceptors (Lipinski definition) is 3. The maximum atomic E-state index is 13.6. The summed E-state index contributed by atoms with van der Waals surface area (Å²) in [6, 6.07) is 10.6. The van der Waals surface area contributed by atoms with Gasteiger partial charge in [-0.3, -0.25) is 4.79 Å². The molecule has 8 heteroatoms. The average molecular weight is 413 g/mol. The average Bonchev–Trinajstić information content (AvgIpc) is 2.63. The first-order valence-corrected chi connectivity index (χ1v) is 10.4. The van der Waals surface area contributed by atoms with E-state index < -0.39 is 10.0 Å². The predicted molar refractivity (Wildman–Crippen MR) is 105 cm³/mol. The summed E-state index contributed by atoms with van der Waals surface area (Å²) in [6.07, 6.45) is 0.318. The Kier molecular flexibility index (Phi) is 7.35. The molecule has 0 saturated heterocycles. The smallest absolute Gasteiger partial charge is 0.244 e. The van der Waals surface area contributed by atoms with E-state index in [4.69, 9.17) is 11.6 Å². The molecule has 0 aliphatic heterocycles. The molecule has 2 aromatic rings. The molecular formula is C19H22ClFN2O3S. The fraction of sp³-hybridized carbons (Fsp3) is 0.316. The monoisotopic (exact) mass is 412 g/mol. The highest BCUT2D eigenvalue weighted by molar-refractivity contribution is 7.89. The number of carbonyl (C=O) groups is 1. The highest BCUT2D eigenvalue weighted by atomic mass is 35.5. The Balaban J connectivity index is 2.13. The van der Waals surface area contributed by atoms with Gasteiger partial charge < -0.3 is 5.32 Å². The van der Waals surface area contributed by atoms with Crippen molar-refractivity contribution in [3.63, 3.8) is 0 Å². The molecule has 5 nitrogen and oxygen atoms in total. The summed E-state index contributed by atoms with van der Waals surface area (Å²) in [5.41, 5.74) is 0.775. The quantitative estimate of drug-likeness (QED) is 0.710. The topological polar surface area (TPSA) is 66.5 Å². The van der Waals surface area contributed by atoms with Gasteiger partial charge in [-0.15, -0.1) is 0 Å². The summed E-state index contributed by atoms with van der Waals surface area (Å²) < 4.78 is 40.3. The van der Waals surface area contributed by atoms with Crippen molar-refractivity contribution in [3.8, 4) is 0 Å². The van der Waals surface area contributed by atoms with Crippen molar-refractivity contribution in [2.45, 2.75) is 31.6 Å².